The molecule has 5 rings (SSSR count). The molecule has 0 unspecified atom stereocenters. The summed E-state index contributed by atoms with van der Waals surface area (Å²) in [6.07, 6.45) is 0.833. The third-order valence-electron chi connectivity index (χ3n) is 6.45. The lowest BCUT2D eigenvalue weighted by molar-refractivity contribution is -0.832. The number of nitrogens with zero attached hydrogens (tertiary/aromatic N) is 3. The van der Waals surface area contributed by atoms with Crippen molar-refractivity contribution in [2.75, 3.05) is 52.7 Å². The van der Waals surface area contributed by atoms with E-state index in [1.54, 1.807) is 24.3 Å². The molecular weight excluding hydrogens is 598 g/mol. The molecule has 0 aliphatic carbocycles. The van der Waals surface area contributed by atoms with Gasteiger partial charge in [0.15, 0.2) is 13.2 Å². The quantitative estimate of drug-likeness (QED) is 0.0773. The van der Waals surface area contributed by atoms with Crippen LogP contribution >= 0.6 is 0 Å². The molecule has 0 amide bonds. The Hall–Kier alpha value is -4.91. The number of hydrogen-bond donors (Lipinski definition) is 0. The number of carbonyl (C=O) groups is 1. The van der Waals surface area contributed by atoms with E-state index in [1.165, 1.54) is 30.3 Å². The van der Waals surface area contributed by atoms with Crippen molar-refractivity contribution in [3.8, 4) is 23.5 Å². The van der Waals surface area contributed by atoms with Crippen molar-refractivity contribution < 1.29 is 46.1 Å². The normalized spacial score (nSPS) is 13.6. The highest BCUT2D eigenvalue weighted by Gasteiger charge is 2.35. The van der Waals surface area contributed by atoms with Crippen LogP contribution < -0.4 is 20.0 Å². The molecule has 230 valence electrons. The van der Waals surface area contributed by atoms with Crippen LogP contribution in [0.4, 0.5) is 0 Å². The van der Waals surface area contributed by atoms with E-state index < -0.39 is 45.6 Å². The molecule has 1 fully saturated rings. The van der Waals surface area contributed by atoms with Crippen molar-refractivity contribution in [1.82, 2.24) is 10.1 Å². The first-order chi connectivity index (χ1) is 21.3. The molecule has 0 N–H and O–H groups in total. The Bertz CT molecular complexity index is 1840. The summed E-state index contributed by atoms with van der Waals surface area (Å²) < 4.78 is 56.6. The summed E-state index contributed by atoms with van der Waals surface area (Å²) in [5, 5.41) is 14.9. The first-order valence-electron chi connectivity index (χ1n) is 13.5. The van der Waals surface area contributed by atoms with Gasteiger partial charge in [-0.05, 0) is 41.7 Å². The van der Waals surface area contributed by atoms with Crippen LogP contribution in [0.25, 0.3) is 11.0 Å². The molecular formula is C29H27N3O11S. The molecule has 1 saturated heterocycles. The van der Waals surface area contributed by atoms with Gasteiger partial charge in [0.25, 0.3) is 9.84 Å². The van der Waals surface area contributed by atoms with Gasteiger partial charge in [-0.1, -0.05) is 30.0 Å². The van der Waals surface area contributed by atoms with E-state index in [0.717, 1.165) is 39.3 Å². The summed E-state index contributed by atoms with van der Waals surface area (Å²) in [5.74, 6) is 4.01. The van der Waals surface area contributed by atoms with Gasteiger partial charge in [-0.15, -0.1) is 0 Å². The molecule has 14 nitrogen and oxygen atoms in total. The number of ether oxygens (including phenoxy) is 4. The second kappa shape index (κ2) is 14.0. The van der Waals surface area contributed by atoms with E-state index in [4.69, 9.17) is 23.4 Å². The zero-order valence-corrected chi connectivity index (χ0v) is 24.1. The Kier molecular flexibility index (Phi) is 9.75. The Morgan fingerprint density at radius 1 is 1.05 bits per heavy atom. The maximum absolute atomic E-state index is 12.8. The maximum Gasteiger partial charge on any atom is 0.415 e. The number of aromatic nitrogens is 2. The monoisotopic (exact) mass is 625 g/mol. The summed E-state index contributed by atoms with van der Waals surface area (Å²) >= 11 is 0. The van der Waals surface area contributed by atoms with Gasteiger partial charge in [-0.25, -0.2) is 18.0 Å². The average Bonchev–Trinajstić information content (AvgIpc) is 3.42. The van der Waals surface area contributed by atoms with E-state index in [2.05, 4.69) is 26.5 Å². The molecule has 1 aliphatic heterocycles. The van der Waals surface area contributed by atoms with Crippen LogP contribution in [-0.4, -0.2) is 77.1 Å². The summed E-state index contributed by atoms with van der Waals surface area (Å²) in [5.41, 5.74) is -0.935. The van der Waals surface area contributed by atoms with Crippen LogP contribution in [0.5, 0.6) is 11.6 Å². The van der Waals surface area contributed by atoms with Crippen LogP contribution in [-0.2, 0) is 19.3 Å². The fourth-order valence-electron chi connectivity index (χ4n) is 4.25. The highest BCUT2D eigenvalue weighted by atomic mass is 32.2. The molecule has 2 aromatic carbocycles. The standard InChI is InChI=1S/C29H27N3O11S/c33-28(41-15-5-4-14-40-26-27(32(35)43-30-26)44(36,37)23-7-2-1-3-8-23)24-19-21-9-10-22(20-25(21)42-29(24)34)39-16-6-11-31-12-17-38-18-13-31/h1-3,7-10,19-20H,6,11-18H2. The molecule has 0 radical (unpaired) electrons. The molecule has 0 bridgehead atoms. The van der Waals surface area contributed by atoms with Gasteiger partial charge < -0.3 is 28.6 Å². The van der Waals surface area contributed by atoms with Crippen molar-refractivity contribution >= 4 is 26.8 Å². The number of hydrogen-bond acceptors (Lipinski definition) is 13. The summed E-state index contributed by atoms with van der Waals surface area (Å²) in [6.45, 7) is 3.87. The Morgan fingerprint density at radius 3 is 2.61 bits per heavy atom. The first-order valence-corrected chi connectivity index (χ1v) is 15.0. The molecule has 0 saturated carbocycles. The van der Waals surface area contributed by atoms with Crippen molar-refractivity contribution in [3.05, 3.63) is 75.8 Å². The predicted octanol–water partition coefficient (Wildman–Crippen LogP) is 1.59. The highest BCUT2D eigenvalue weighted by molar-refractivity contribution is 7.91. The lowest BCUT2D eigenvalue weighted by Gasteiger charge is -2.26. The maximum atomic E-state index is 12.8. The summed E-state index contributed by atoms with van der Waals surface area (Å²) in [7, 11) is -4.28. The Balaban J connectivity index is 1.12. The van der Waals surface area contributed by atoms with Crippen LogP contribution in [0.2, 0.25) is 0 Å². The molecule has 4 aromatic rings. The fraction of sp³-hybridized carbons (Fsp3) is 0.310. The molecule has 44 heavy (non-hydrogen) atoms. The smallest absolute Gasteiger partial charge is 0.415 e. The van der Waals surface area contributed by atoms with Gasteiger partial charge in [0.2, 0.25) is 0 Å². The number of sulfone groups is 1. The second-order valence-electron chi connectivity index (χ2n) is 9.38. The molecule has 3 heterocycles. The molecule has 2 aromatic heterocycles. The third-order valence-corrected chi connectivity index (χ3v) is 8.18. The van der Waals surface area contributed by atoms with E-state index in [-0.39, 0.29) is 20.9 Å². The molecule has 15 heteroatoms. The SMILES string of the molecule is O=C(OCC#CCOc1no[n+]([O-])c1S(=O)(=O)c1ccccc1)c1cc2ccc(OCCCN3CCOCC3)cc2oc1=O. The van der Waals surface area contributed by atoms with Crippen molar-refractivity contribution in [3.63, 3.8) is 0 Å². The van der Waals surface area contributed by atoms with E-state index in [1.807, 2.05) is 0 Å². The lowest BCUT2D eigenvalue weighted by Crippen LogP contribution is -2.37. The van der Waals surface area contributed by atoms with Gasteiger partial charge in [0.05, 0.1) is 29.9 Å². The number of benzene rings is 2. The minimum absolute atomic E-state index is 0.155. The molecule has 1 aliphatic rings. The zero-order chi connectivity index (χ0) is 30.9. The third kappa shape index (κ3) is 7.35. The average molecular weight is 626 g/mol. The van der Waals surface area contributed by atoms with Crippen molar-refractivity contribution in [2.45, 2.75) is 16.3 Å². The van der Waals surface area contributed by atoms with Crippen LogP contribution in [0.15, 0.2) is 78.4 Å². The van der Waals surface area contributed by atoms with Crippen molar-refractivity contribution in [2.24, 2.45) is 0 Å². The van der Waals surface area contributed by atoms with Gasteiger partial charge in [0, 0.05) is 31.1 Å². The first kappa shape index (κ1) is 30.5. The summed E-state index contributed by atoms with van der Waals surface area (Å²) in [6, 6.07) is 13.5. The number of morpholine rings is 1. The molecule has 0 spiro atoms. The van der Waals surface area contributed by atoms with E-state index in [9.17, 15) is 23.2 Å². The van der Waals surface area contributed by atoms with E-state index >= 15 is 0 Å². The number of rotatable bonds is 11. The predicted molar refractivity (Wildman–Crippen MR) is 151 cm³/mol. The minimum atomic E-state index is -4.28. The second-order valence-corrected chi connectivity index (χ2v) is 11.2. The number of fused-ring (bicyclic) bond motifs is 1. The minimum Gasteiger partial charge on any atom is -0.493 e. The van der Waals surface area contributed by atoms with Crippen LogP contribution in [0, 0.1) is 17.0 Å². The Morgan fingerprint density at radius 2 is 1.82 bits per heavy atom. The van der Waals surface area contributed by atoms with Gasteiger partial charge in [0.1, 0.15) is 16.9 Å². The largest absolute Gasteiger partial charge is 0.493 e. The zero-order valence-electron chi connectivity index (χ0n) is 23.3. The lowest BCUT2D eigenvalue weighted by atomic mass is 10.2. The number of esters is 1. The number of carbonyl (C=O) groups excluding carboxylic acids is 1. The van der Waals surface area contributed by atoms with Crippen molar-refractivity contribution in [1.29, 1.82) is 0 Å². The van der Waals surface area contributed by atoms with Gasteiger partial charge in [-0.2, -0.15) is 0 Å². The summed E-state index contributed by atoms with van der Waals surface area (Å²) in [4.78, 5) is 26.8. The van der Waals surface area contributed by atoms with Gasteiger partial charge >= 0.3 is 22.5 Å². The van der Waals surface area contributed by atoms with Gasteiger partial charge in [-0.3, -0.25) is 9.53 Å². The molecule has 0 atom stereocenters. The fourth-order valence-corrected chi connectivity index (χ4v) is 5.55. The Labute approximate surface area is 251 Å². The highest BCUT2D eigenvalue weighted by Crippen LogP contribution is 2.25. The van der Waals surface area contributed by atoms with Crippen LogP contribution in [0.1, 0.15) is 16.8 Å². The van der Waals surface area contributed by atoms with E-state index in [0.29, 0.717) is 17.7 Å². The van der Waals surface area contributed by atoms with Crippen LogP contribution in [0.3, 0.4) is 0 Å². The topological polar surface area (TPSA) is 175 Å².